The number of amides is 2. The maximum Gasteiger partial charge on any atom is 0.336 e. The molecule has 6 rings (SSSR count). The highest BCUT2D eigenvalue weighted by molar-refractivity contribution is 6.31. The van der Waals surface area contributed by atoms with Crippen LogP contribution in [0.25, 0.3) is 0 Å². The summed E-state index contributed by atoms with van der Waals surface area (Å²) < 4.78 is 16.3. The summed E-state index contributed by atoms with van der Waals surface area (Å²) in [7, 11) is 0. The number of esters is 1. The van der Waals surface area contributed by atoms with Gasteiger partial charge in [0.2, 0.25) is 12.7 Å². The SMILES string of the molecule is CCOC(=O)C1=C(C)N(Cc2cccc(C(=O)N3CCN(Cc4ccc5c(c4)OCO5)CC3)c2)C(=O)CC1c1ccccc1Cl. The lowest BCUT2D eigenvalue weighted by atomic mass is 9.83. The lowest BCUT2D eigenvalue weighted by molar-refractivity contribution is -0.140. The highest BCUT2D eigenvalue weighted by Crippen LogP contribution is 2.40. The van der Waals surface area contributed by atoms with E-state index in [9.17, 15) is 14.4 Å². The van der Waals surface area contributed by atoms with Crippen molar-refractivity contribution in [2.24, 2.45) is 0 Å². The van der Waals surface area contributed by atoms with Gasteiger partial charge in [0.15, 0.2) is 11.5 Å². The Kier molecular flexibility index (Phi) is 9.09. The molecule has 1 unspecified atom stereocenters. The van der Waals surface area contributed by atoms with Crippen molar-refractivity contribution in [1.29, 1.82) is 0 Å². The van der Waals surface area contributed by atoms with Gasteiger partial charge in [-0.15, -0.1) is 0 Å². The molecule has 3 heterocycles. The number of fused-ring (bicyclic) bond motifs is 1. The van der Waals surface area contributed by atoms with Gasteiger partial charge in [0.25, 0.3) is 5.91 Å². The van der Waals surface area contributed by atoms with Gasteiger partial charge in [-0.1, -0.05) is 48.0 Å². The van der Waals surface area contributed by atoms with Crippen LogP contribution in [-0.2, 0) is 27.4 Å². The van der Waals surface area contributed by atoms with Crippen LogP contribution in [0.2, 0.25) is 5.02 Å². The lowest BCUT2D eigenvalue weighted by Gasteiger charge is -2.35. The quantitative estimate of drug-likeness (QED) is 0.309. The molecular formula is C35H36ClN3O6. The second kappa shape index (κ2) is 13.3. The normalized spacial score (nSPS) is 18.4. The van der Waals surface area contributed by atoms with Gasteiger partial charge >= 0.3 is 5.97 Å². The number of carbonyl (C=O) groups is 3. The molecule has 9 nitrogen and oxygen atoms in total. The van der Waals surface area contributed by atoms with Crippen LogP contribution in [0.1, 0.15) is 53.2 Å². The van der Waals surface area contributed by atoms with Gasteiger partial charge in [0.05, 0.1) is 18.7 Å². The third-order valence-electron chi connectivity index (χ3n) is 8.62. The first-order valence-electron chi connectivity index (χ1n) is 15.2. The van der Waals surface area contributed by atoms with E-state index in [1.54, 1.807) is 24.8 Å². The summed E-state index contributed by atoms with van der Waals surface area (Å²) in [5.74, 6) is 0.421. The van der Waals surface area contributed by atoms with Crippen LogP contribution >= 0.6 is 11.6 Å². The highest BCUT2D eigenvalue weighted by atomic mass is 35.5. The predicted molar refractivity (Wildman–Crippen MR) is 169 cm³/mol. The summed E-state index contributed by atoms with van der Waals surface area (Å²) in [5.41, 5.74) is 4.20. The zero-order valence-corrected chi connectivity index (χ0v) is 26.2. The average Bonchev–Trinajstić information content (AvgIpc) is 3.51. The maximum absolute atomic E-state index is 13.5. The Bertz CT molecular complexity index is 1650. The summed E-state index contributed by atoms with van der Waals surface area (Å²) >= 11 is 6.49. The van der Waals surface area contributed by atoms with Crippen LogP contribution in [0.3, 0.4) is 0 Å². The Morgan fingerprint density at radius 1 is 0.911 bits per heavy atom. The standard InChI is InChI=1S/C35H36ClN3O6/c1-3-43-35(42)33-23(2)39(32(40)19-28(33)27-9-4-5-10-29(27)36)21-24-7-6-8-26(17-24)34(41)38-15-13-37(14-16-38)20-25-11-12-30-31(18-25)45-22-44-30/h4-12,17-18,28H,3,13-16,19-22H2,1-2H3. The molecule has 0 radical (unpaired) electrons. The van der Waals surface area contributed by atoms with Crippen molar-refractivity contribution in [2.75, 3.05) is 39.6 Å². The van der Waals surface area contributed by atoms with E-state index in [2.05, 4.69) is 4.90 Å². The fourth-order valence-electron chi connectivity index (χ4n) is 6.27. The number of halogens is 1. The Morgan fingerprint density at radius 2 is 1.67 bits per heavy atom. The molecule has 0 bridgehead atoms. The van der Waals surface area contributed by atoms with Crippen molar-refractivity contribution in [3.8, 4) is 11.5 Å². The first-order chi connectivity index (χ1) is 21.8. The van der Waals surface area contributed by atoms with Gasteiger partial charge in [-0.25, -0.2) is 4.79 Å². The summed E-state index contributed by atoms with van der Waals surface area (Å²) in [6, 6.07) is 20.6. The monoisotopic (exact) mass is 629 g/mol. The Balaban J connectivity index is 1.14. The second-order valence-corrected chi connectivity index (χ2v) is 11.8. The molecule has 1 fully saturated rings. The van der Waals surface area contributed by atoms with E-state index in [0.717, 1.165) is 47.8 Å². The number of ether oxygens (including phenoxy) is 3. The first kappa shape index (κ1) is 30.7. The average molecular weight is 630 g/mol. The molecule has 1 atom stereocenters. The molecule has 1 saturated heterocycles. The lowest BCUT2D eigenvalue weighted by Crippen LogP contribution is -2.48. The van der Waals surface area contributed by atoms with E-state index in [4.69, 9.17) is 25.8 Å². The number of hydrogen-bond acceptors (Lipinski definition) is 7. The van der Waals surface area contributed by atoms with Gasteiger partial charge in [-0.2, -0.15) is 0 Å². The van der Waals surface area contributed by atoms with Gasteiger partial charge in [-0.3, -0.25) is 14.5 Å². The van der Waals surface area contributed by atoms with Crippen molar-refractivity contribution in [1.82, 2.24) is 14.7 Å². The molecule has 45 heavy (non-hydrogen) atoms. The van der Waals surface area contributed by atoms with Crippen LogP contribution in [0.5, 0.6) is 11.5 Å². The van der Waals surface area contributed by atoms with Crippen LogP contribution < -0.4 is 9.47 Å². The topological polar surface area (TPSA) is 88.6 Å². The van der Waals surface area contributed by atoms with Crippen LogP contribution in [-0.4, -0.2) is 72.1 Å². The number of rotatable bonds is 8. The molecule has 0 aliphatic carbocycles. The van der Waals surface area contributed by atoms with Gasteiger partial charge in [0.1, 0.15) is 0 Å². The van der Waals surface area contributed by atoms with Crippen molar-refractivity contribution < 1.29 is 28.6 Å². The van der Waals surface area contributed by atoms with E-state index in [1.807, 2.05) is 65.6 Å². The molecule has 234 valence electrons. The summed E-state index contributed by atoms with van der Waals surface area (Å²) in [6.45, 7) is 7.75. The fourth-order valence-corrected chi connectivity index (χ4v) is 6.54. The van der Waals surface area contributed by atoms with Crippen LogP contribution in [0, 0.1) is 0 Å². The zero-order valence-electron chi connectivity index (χ0n) is 25.5. The number of piperazine rings is 1. The zero-order chi connectivity index (χ0) is 31.5. The molecule has 0 N–H and O–H groups in total. The van der Waals surface area contributed by atoms with Crippen molar-refractivity contribution >= 4 is 29.4 Å². The molecule has 10 heteroatoms. The summed E-state index contributed by atoms with van der Waals surface area (Å²) in [5, 5.41) is 0.498. The number of hydrogen-bond donors (Lipinski definition) is 0. The molecule has 3 aromatic rings. The Morgan fingerprint density at radius 3 is 2.44 bits per heavy atom. The molecule has 3 aromatic carbocycles. The molecule has 0 spiro atoms. The smallest absolute Gasteiger partial charge is 0.336 e. The maximum atomic E-state index is 13.5. The summed E-state index contributed by atoms with van der Waals surface area (Å²) in [4.78, 5) is 46.0. The molecule has 3 aliphatic heterocycles. The minimum Gasteiger partial charge on any atom is -0.463 e. The third kappa shape index (κ3) is 6.55. The number of nitrogens with zero attached hydrogens (tertiary/aromatic N) is 3. The summed E-state index contributed by atoms with van der Waals surface area (Å²) in [6.07, 6.45) is 0.0877. The number of carbonyl (C=O) groups excluding carboxylic acids is 3. The molecule has 0 saturated carbocycles. The minimum atomic E-state index is -0.502. The first-order valence-corrected chi connectivity index (χ1v) is 15.6. The predicted octanol–water partition coefficient (Wildman–Crippen LogP) is 5.38. The van der Waals surface area contributed by atoms with Crippen LogP contribution in [0.4, 0.5) is 0 Å². The Labute approximate surface area is 267 Å². The minimum absolute atomic E-state index is 0.0391. The van der Waals surface area contributed by atoms with Crippen LogP contribution in [0.15, 0.2) is 78.0 Å². The number of benzene rings is 3. The van der Waals surface area contributed by atoms with E-state index in [-0.39, 0.29) is 38.2 Å². The van der Waals surface area contributed by atoms with E-state index < -0.39 is 11.9 Å². The van der Waals surface area contributed by atoms with Crippen molar-refractivity contribution in [2.45, 2.75) is 39.3 Å². The molecule has 0 aromatic heterocycles. The molecular weight excluding hydrogens is 594 g/mol. The number of allylic oxidation sites excluding steroid dienone is 1. The van der Waals surface area contributed by atoms with E-state index >= 15 is 0 Å². The third-order valence-corrected chi connectivity index (χ3v) is 8.96. The van der Waals surface area contributed by atoms with Gasteiger partial charge < -0.3 is 24.0 Å². The largest absolute Gasteiger partial charge is 0.463 e. The second-order valence-electron chi connectivity index (χ2n) is 11.4. The Hall–Kier alpha value is -4.34. The van der Waals surface area contributed by atoms with Gasteiger partial charge in [-0.05, 0) is 60.9 Å². The van der Waals surface area contributed by atoms with E-state index in [1.165, 1.54) is 0 Å². The fraction of sp³-hybridized carbons (Fsp3) is 0.343. The molecule has 2 amide bonds. The highest BCUT2D eigenvalue weighted by Gasteiger charge is 2.37. The van der Waals surface area contributed by atoms with Gasteiger partial charge in [0, 0.05) is 61.3 Å². The van der Waals surface area contributed by atoms with Crippen molar-refractivity contribution in [3.63, 3.8) is 0 Å². The van der Waals surface area contributed by atoms with E-state index in [0.29, 0.717) is 34.9 Å². The molecule has 3 aliphatic rings. The van der Waals surface area contributed by atoms with Crippen molar-refractivity contribution in [3.05, 3.63) is 105 Å².